The molecule has 78 valence electrons. The highest BCUT2D eigenvalue weighted by molar-refractivity contribution is 7.16. The zero-order chi connectivity index (χ0) is 10.8. The van der Waals surface area contributed by atoms with Gasteiger partial charge < -0.3 is 5.32 Å². The molecule has 0 spiro atoms. The number of hydrogen-bond acceptors (Lipinski definition) is 3. The van der Waals surface area contributed by atoms with Crippen molar-refractivity contribution in [2.24, 2.45) is 0 Å². The first-order valence-electron chi connectivity index (χ1n) is 4.58. The third kappa shape index (κ3) is 2.27. The zero-order valence-electron chi connectivity index (χ0n) is 8.53. The van der Waals surface area contributed by atoms with E-state index in [1.807, 2.05) is 30.5 Å². The Morgan fingerprint density at radius 1 is 1.40 bits per heavy atom. The maximum Gasteiger partial charge on any atom is 0.266 e. The molecule has 2 rings (SSSR count). The first-order valence-corrected chi connectivity index (χ1v) is 6.28. The molecule has 2 heterocycles. The molecule has 0 radical (unpaired) electrons. The highest BCUT2D eigenvalue weighted by atomic mass is 32.1. The molecule has 0 saturated carbocycles. The van der Waals surface area contributed by atoms with Crippen LogP contribution in [-0.4, -0.2) is 5.91 Å². The molecule has 0 bridgehead atoms. The highest BCUT2D eigenvalue weighted by Crippen LogP contribution is 2.26. The fourth-order valence-corrected chi connectivity index (χ4v) is 2.76. The van der Waals surface area contributed by atoms with Crippen LogP contribution in [0.1, 0.15) is 20.1 Å². The normalized spacial score (nSPS) is 10.3. The molecule has 1 amide bonds. The number of aryl methyl sites for hydroxylation is 2. The molecule has 2 aromatic heterocycles. The topological polar surface area (TPSA) is 29.1 Å². The Hall–Kier alpha value is -1.13. The minimum atomic E-state index is -0.0220. The molecule has 2 aromatic rings. The lowest BCUT2D eigenvalue weighted by molar-refractivity contribution is 0.103. The SMILES string of the molecule is Cc1cc(NC(=O)c2cccs2)sc1C. The molecule has 0 saturated heterocycles. The van der Waals surface area contributed by atoms with Crippen LogP contribution in [0.3, 0.4) is 0 Å². The molecular formula is C11H11NOS2. The number of carbonyl (C=O) groups is 1. The Labute approximate surface area is 96.6 Å². The van der Waals surface area contributed by atoms with Gasteiger partial charge in [-0.2, -0.15) is 0 Å². The van der Waals surface area contributed by atoms with E-state index in [0.717, 1.165) is 9.88 Å². The van der Waals surface area contributed by atoms with Gasteiger partial charge in [0.2, 0.25) is 0 Å². The summed E-state index contributed by atoms with van der Waals surface area (Å²) in [6.45, 7) is 4.10. The first kappa shape index (κ1) is 10.4. The van der Waals surface area contributed by atoms with Crippen molar-refractivity contribution in [3.63, 3.8) is 0 Å². The maximum atomic E-state index is 11.7. The molecule has 1 N–H and O–H groups in total. The average molecular weight is 237 g/mol. The minimum Gasteiger partial charge on any atom is -0.313 e. The van der Waals surface area contributed by atoms with Crippen LogP contribution < -0.4 is 5.32 Å². The molecule has 0 aliphatic rings. The van der Waals surface area contributed by atoms with E-state index >= 15 is 0 Å². The molecule has 0 aliphatic heterocycles. The van der Waals surface area contributed by atoms with Gasteiger partial charge in [0, 0.05) is 4.88 Å². The molecule has 4 heteroatoms. The lowest BCUT2D eigenvalue weighted by Gasteiger charge is -1.98. The van der Waals surface area contributed by atoms with Crippen LogP contribution in [-0.2, 0) is 0 Å². The summed E-state index contributed by atoms with van der Waals surface area (Å²) in [4.78, 5) is 13.7. The molecule has 0 aliphatic carbocycles. The summed E-state index contributed by atoms with van der Waals surface area (Å²) in [5, 5.41) is 5.72. The Bertz CT molecular complexity index is 451. The second-order valence-electron chi connectivity index (χ2n) is 3.28. The average Bonchev–Trinajstić information content (AvgIpc) is 2.77. The quantitative estimate of drug-likeness (QED) is 0.848. The Morgan fingerprint density at radius 3 is 2.73 bits per heavy atom. The van der Waals surface area contributed by atoms with Crippen molar-refractivity contribution in [1.82, 2.24) is 0 Å². The number of anilines is 1. The fourth-order valence-electron chi connectivity index (χ4n) is 1.22. The Balaban J connectivity index is 2.13. The summed E-state index contributed by atoms with van der Waals surface area (Å²) in [7, 11) is 0. The van der Waals surface area contributed by atoms with Gasteiger partial charge in [0.25, 0.3) is 5.91 Å². The van der Waals surface area contributed by atoms with Crippen LogP contribution in [0, 0.1) is 13.8 Å². The predicted molar refractivity (Wildman–Crippen MR) is 66.1 cm³/mol. The van der Waals surface area contributed by atoms with Gasteiger partial charge in [0.1, 0.15) is 0 Å². The summed E-state index contributed by atoms with van der Waals surface area (Å²) < 4.78 is 0. The van der Waals surface area contributed by atoms with Crippen LogP contribution in [0.5, 0.6) is 0 Å². The van der Waals surface area contributed by atoms with Crippen LogP contribution in [0.15, 0.2) is 23.6 Å². The van der Waals surface area contributed by atoms with Crippen LogP contribution >= 0.6 is 22.7 Å². The van der Waals surface area contributed by atoms with E-state index in [0.29, 0.717) is 0 Å². The molecule has 0 unspecified atom stereocenters. The van der Waals surface area contributed by atoms with Gasteiger partial charge in [-0.1, -0.05) is 6.07 Å². The maximum absolute atomic E-state index is 11.7. The van der Waals surface area contributed by atoms with Crippen LogP contribution in [0.25, 0.3) is 0 Å². The van der Waals surface area contributed by atoms with Crippen molar-refractivity contribution >= 4 is 33.6 Å². The molecule has 2 nitrogen and oxygen atoms in total. The van der Waals surface area contributed by atoms with Gasteiger partial charge in [-0.3, -0.25) is 4.79 Å². The van der Waals surface area contributed by atoms with Crippen LogP contribution in [0.4, 0.5) is 5.00 Å². The van der Waals surface area contributed by atoms with Crippen LogP contribution in [0.2, 0.25) is 0 Å². The number of hydrogen-bond donors (Lipinski definition) is 1. The molecule has 0 aromatic carbocycles. The summed E-state index contributed by atoms with van der Waals surface area (Å²) in [5.74, 6) is -0.0220. The second kappa shape index (κ2) is 4.16. The lowest BCUT2D eigenvalue weighted by atomic mass is 10.3. The van der Waals surface area contributed by atoms with E-state index in [9.17, 15) is 4.79 Å². The van der Waals surface area contributed by atoms with Crippen molar-refractivity contribution in [1.29, 1.82) is 0 Å². The standard InChI is InChI=1S/C11H11NOS2/c1-7-6-10(15-8(7)2)12-11(13)9-4-3-5-14-9/h3-6H,1-2H3,(H,12,13). The van der Waals surface area contributed by atoms with Gasteiger partial charge in [-0.15, -0.1) is 22.7 Å². The van der Waals surface area contributed by atoms with Crippen molar-refractivity contribution in [3.8, 4) is 0 Å². The largest absolute Gasteiger partial charge is 0.313 e. The summed E-state index contributed by atoms with van der Waals surface area (Å²) >= 11 is 3.07. The number of carbonyl (C=O) groups excluding carboxylic acids is 1. The Morgan fingerprint density at radius 2 is 2.20 bits per heavy atom. The van der Waals surface area contributed by atoms with Crippen molar-refractivity contribution in [3.05, 3.63) is 38.9 Å². The third-order valence-electron chi connectivity index (χ3n) is 2.15. The van der Waals surface area contributed by atoms with E-state index < -0.39 is 0 Å². The van der Waals surface area contributed by atoms with Crippen molar-refractivity contribution in [2.75, 3.05) is 5.32 Å². The van der Waals surface area contributed by atoms with Crippen molar-refractivity contribution in [2.45, 2.75) is 13.8 Å². The van der Waals surface area contributed by atoms with Gasteiger partial charge in [0.05, 0.1) is 9.88 Å². The van der Waals surface area contributed by atoms with Gasteiger partial charge in [0.15, 0.2) is 0 Å². The number of amides is 1. The molecular weight excluding hydrogens is 226 g/mol. The zero-order valence-corrected chi connectivity index (χ0v) is 10.2. The van der Waals surface area contributed by atoms with E-state index in [1.54, 1.807) is 11.3 Å². The second-order valence-corrected chi connectivity index (χ2v) is 5.49. The predicted octanol–water partition coefficient (Wildman–Crippen LogP) is 3.68. The van der Waals surface area contributed by atoms with Gasteiger partial charge in [-0.25, -0.2) is 0 Å². The Kier molecular flexibility index (Phi) is 2.88. The summed E-state index contributed by atoms with van der Waals surface area (Å²) in [5.41, 5.74) is 1.22. The van der Waals surface area contributed by atoms with Gasteiger partial charge >= 0.3 is 0 Å². The number of rotatable bonds is 2. The monoisotopic (exact) mass is 237 g/mol. The summed E-state index contributed by atoms with van der Waals surface area (Å²) in [6, 6.07) is 5.71. The van der Waals surface area contributed by atoms with E-state index in [4.69, 9.17) is 0 Å². The number of nitrogens with one attached hydrogen (secondary N) is 1. The highest BCUT2D eigenvalue weighted by Gasteiger charge is 2.08. The van der Waals surface area contributed by atoms with E-state index in [-0.39, 0.29) is 5.91 Å². The summed E-state index contributed by atoms with van der Waals surface area (Å²) in [6.07, 6.45) is 0. The van der Waals surface area contributed by atoms with E-state index in [1.165, 1.54) is 21.8 Å². The molecule has 0 atom stereocenters. The third-order valence-corrected chi connectivity index (χ3v) is 4.08. The smallest absolute Gasteiger partial charge is 0.266 e. The minimum absolute atomic E-state index is 0.0220. The molecule has 0 fully saturated rings. The van der Waals surface area contributed by atoms with Crippen molar-refractivity contribution < 1.29 is 4.79 Å². The van der Waals surface area contributed by atoms with E-state index in [2.05, 4.69) is 12.2 Å². The first-order chi connectivity index (χ1) is 7.16. The molecule has 15 heavy (non-hydrogen) atoms. The number of thiophene rings is 2. The lowest BCUT2D eigenvalue weighted by Crippen LogP contribution is -2.08. The van der Waals surface area contributed by atoms with Gasteiger partial charge in [-0.05, 0) is 36.9 Å². The fraction of sp³-hybridized carbons (Fsp3) is 0.182.